The monoisotopic (exact) mass is 956 g/mol. The molecule has 2 heterocycles. The SMILES string of the molecule is CCCCCCCCCCCCCCNC(=O)OCc1cc(C)cc(COC(=O)NCc2ccc(-c3c4ccc(=O)cc-4oc4cc(O)ccc34)c(C(=O)O)c2)c1O[C@@H]1O[C@H](CO)[C@H](O)[C@H](O)[C@H]1O. The number of benzene rings is 4. The van der Waals surface area contributed by atoms with E-state index in [1.165, 1.54) is 81.7 Å². The number of aromatic carboxylic acids is 1. The number of hydrogen-bond acceptors (Lipinski definition) is 14. The number of rotatable bonds is 24. The lowest BCUT2D eigenvalue weighted by Crippen LogP contribution is -2.60. The topological polar surface area (TPSA) is 264 Å². The molecule has 17 heteroatoms. The summed E-state index contributed by atoms with van der Waals surface area (Å²) in [4.78, 5) is 51.0. The molecule has 1 fully saturated rings. The number of carbonyl (C=O) groups excluding carboxylic acids is 2. The third kappa shape index (κ3) is 14.2. The number of hydrogen-bond donors (Lipinski definition) is 8. The molecule has 3 aromatic rings. The lowest BCUT2D eigenvalue weighted by Gasteiger charge is -2.40. The number of ether oxygens (including phenoxy) is 4. The number of aromatic hydroxyl groups is 1. The maximum atomic E-state index is 13.2. The van der Waals surface area contributed by atoms with Gasteiger partial charge in [-0.25, -0.2) is 14.4 Å². The van der Waals surface area contributed by atoms with Crippen LogP contribution in [-0.4, -0.2) is 92.7 Å². The first-order valence-corrected chi connectivity index (χ1v) is 23.7. The van der Waals surface area contributed by atoms with Crippen LogP contribution in [0.3, 0.4) is 0 Å². The van der Waals surface area contributed by atoms with Crippen LogP contribution >= 0.6 is 0 Å². The Balaban J connectivity index is 1.10. The van der Waals surface area contributed by atoms with Gasteiger partial charge >= 0.3 is 18.2 Å². The normalized spacial score (nSPS) is 18.0. The van der Waals surface area contributed by atoms with E-state index in [1.54, 1.807) is 43.3 Å². The van der Waals surface area contributed by atoms with Crippen LogP contribution < -0.4 is 20.8 Å². The van der Waals surface area contributed by atoms with Gasteiger partial charge in [-0.1, -0.05) is 95.2 Å². The zero-order valence-corrected chi connectivity index (χ0v) is 39.1. The molecular formula is C52H64N2O15. The van der Waals surface area contributed by atoms with Crippen molar-refractivity contribution in [3.05, 3.63) is 105 Å². The Morgan fingerprint density at radius 1 is 0.710 bits per heavy atom. The Kier molecular flexibility index (Phi) is 19.2. The molecule has 5 atom stereocenters. The van der Waals surface area contributed by atoms with E-state index in [-0.39, 0.29) is 52.5 Å². The summed E-state index contributed by atoms with van der Waals surface area (Å²) < 4.78 is 28.8. The quantitative estimate of drug-likeness (QED) is 0.0217. The number of carboxylic acid groups (broad SMARTS) is 1. The molecule has 69 heavy (non-hydrogen) atoms. The molecule has 0 aromatic heterocycles. The highest BCUT2D eigenvalue weighted by molar-refractivity contribution is 6.07. The van der Waals surface area contributed by atoms with Gasteiger partial charge in [-0.2, -0.15) is 0 Å². The number of phenols is 1. The Bertz CT molecular complexity index is 2540. The number of aryl methyl sites for hydroxylation is 1. The molecule has 0 spiro atoms. The minimum absolute atomic E-state index is 0.0105. The maximum Gasteiger partial charge on any atom is 0.407 e. The lowest BCUT2D eigenvalue weighted by atomic mass is 9.90. The van der Waals surface area contributed by atoms with E-state index in [2.05, 4.69) is 17.6 Å². The molecule has 17 nitrogen and oxygen atoms in total. The summed E-state index contributed by atoms with van der Waals surface area (Å²) in [6, 6.07) is 16.5. The second kappa shape index (κ2) is 25.4. The first-order chi connectivity index (χ1) is 33.3. The molecule has 1 aliphatic carbocycles. The van der Waals surface area contributed by atoms with E-state index in [1.807, 2.05) is 0 Å². The summed E-state index contributed by atoms with van der Waals surface area (Å²) in [6.45, 7) is 2.80. The summed E-state index contributed by atoms with van der Waals surface area (Å²) in [5, 5.41) is 67.9. The number of nitrogens with one attached hydrogen (secondary N) is 2. The van der Waals surface area contributed by atoms with E-state index in [9.17, 15) is 49.8 Å². The average molecular weight is 957 g/mol. The van der Waals surface area contributed by atoms with Crippen molar-refractivity contribution in [3.8, 4) is 33.9 Å². The van der Waals surface area contributed by atoms with Crippen LogP contribution in [0.5, 0.6) is 11.5 Å². The molecule has 372 valence electrons. The van der Waals surface area contributed by atoms with Crippen molar-refractivity contribution < 1.29 is 68.4 Å². The highest BCUT2D eigenvalue weighted by atomic mass is 16.7. The second-order valence-corrected chi connectivity index (χ2v) is 17.5. The summed E-state index contributed by atoms with van der Waals surface area (Å²) in [5.74, 6) is -1.17. The zero-order chi connectivity index (χ0) is 49.5. The summed E-state index contributed by atoms with van der Waals surface area (Å²) in [6.07, 6.45) is 4.58. The molecule has 0 unspecified atom stereocenters. The second-order valence-electron chi connectivity index (χ2n) is 17.5. The van der Waals surface area contributed by atoms with Crippen LogP contribution in [0.1, 0.15) is 117 Å². The van der Waals surface area contributed by atoms with Crippen molar-refractivity contribution >= 4 is 29.1 Å². The van der Waals surface area contributed by atoms with Gasteiger partial charge in [0, 0.05) is 52.9 Å². The van der Waals surface area contributed by atoms with Crippen molar-refractivity contribution in [2.75, 3.05) is 13.2 Å². The minimum Gasteiger partial charge on any atom is -0.508 e. The molecule has 0 radical (unpaired) electrons. The standard InChI is InChI=1S/C52H64N2O15/c1-3-4-5-6-7-8-9-10-11-12-13-14-21-53-51(63)65-29-33-22-31(2)23-34(48(33)69-50-47(60)46(59)45(58)43(28-55)68-50)30-66-52(64)54-27-32-15-18-37(40(24-32)49(61)62)44-38-19-16-35(56)25-41(38)67-42-26-36(57)17-20-39(42)44/h15-20,22-26,43,45-47,50,55-56,58-60H,3-14,21,27-30H2,1-2H3,(H,53,63)(H,54,64)(H,61,62)/t43-,45+,46+,47-,50+/m1/s1. The number of alkyl carbamates (subject to hydrolysis) is 2. The third-order valence-electron chi connectivity index (χ3n) is 12.2. The Labute approximate surface area is 400 Å². The molecular weight excluding hydrogens is 893 g/mol. The van der Waals surface area contributed by atoms with Gasteiger partial charge in [0.15, 0.2) is 5.43 Å². The third-order valence-corrected chi connectivity index (χ3v) is 12.2. The molecule has 3 aromatic carbocycles. The van der Waals surface area contributed by atoms with Crippen molar-refractivity contribution in [2.45, 2.75) is 141 Å². The van der Waals surface area contributed by atoms with Gasteiger partial charge in [0.2, 0.25) is 6.29 Å². The van der Waals surface area contributed by atoms with E-state index in [0.29, 0.717) is 45.3 Å². The fourth-order valence-corrected chi connectivity index (χ4v) is 8.54. The molecule has 3 aliphatic rings. The van der Waals surface area contributed by atoms with E-state index >= 15 is 0 Å². The number of unbranched alkanes of at least 4 members (excludes halogenated alkanes) is 11. The lowest BCUT2D eigenvalue weighted by molar-refractivity contribution is -0.277. The van der Waals surface area contributed by atoms with Gasteiger partial charge in [0.1, 0.15) is 60.5 Å². The number of fused-ring (bicyclic) bond motifs is 2. The van der Waals surface area contributed by atoms with E-state index in [0.717, 1.165) is 25.7 Å². The number of carbonyl (C=O) groups is 3. The van der Waals surface area contributed by atoms with Gasteiger partial charge in [0.25, 0.3) is 0 Å². The van der Waals surface area contributed by atoms with Crippen LogP contribution in [0.2, 0.25) is 0 Å². The molecule has 0 bridgehead atoms. The number of carboxylic acids is 1. The summed E-state index contributed by atoms with van der Waals surface area (Å²) in [7, 11) is 0. The van der Waals surface area contributed by atoms with Crippen LogP contribution in [0.25, 0.3) is 33.4 Å². The first kappa shape index (κ1) is 52.1. The van der Waals surface area contributed by atoms with E-state index < -0.39 is 62.1 Å². The van der Waals surface area contributed by atoms with Crippen molar-refractivity contribution in [3.63, 3.8) is 0 Å². The number of aliphatic hydroxyl groups is 4. The number of amides is 2. The Morgan fingerprint density at radius 3 is 1.97 bits per heavy atom. The fourth-order valence-electron chi connectivity index (χ4n) is 8.54. The van der Waals surface area contributed by atoms with Gasteiger partial charge in [-0.3, -0.25) is 4.79 Å². The van der Waals surface area contributed by atoms with E-state index in [4.69, 9.17) is 23.4 Å². The maximum absolute atomic E-state index is 13.2. The summed E-state index contributed by atoms with van der Waals surface area (Å²) in [5.41, 5.74) is 2.63. The molecule has 2 amide bonds. The van der Waals surface area contributed by atoms with Gasteiger partial charge in [0.05, 0.1) is 12.2 Å². The highest BCUT2D eigenvalue weighted by Gasteiger charge is 2.45. The molecule has 8 N–H and O–H groups in total. The first-order valence-electron chi connectivity index (χ1n) is 23.7. The Hall–Kier alpha value is -6.24. The predicted octanol–water partition coefficient (Wildman–Crippen LogP) is 7.81. The van der Waals surface area contributed by atoms with Gasteiger partial charge in [-0.05, 0) is 66.9 Å². The van der Waals surface area contributed by atoms with Gasteiger partial charge in [-0.15, -0.1) is 0 Å². The molecule has 2 aliphatic heterocycles. The molecule has 1 saturated heterocycles. The van der Waals surface area contributed by atoms with Crippen LogP contribution in [0, 0.1) is 6.92 Å². The predicted molar refractivity (Wildman–Crippen MR) is 255 cm³/mol. The summed E-state index contributed by atoms with van der Waals surface area (Å²) >= 11 is 0. The van der Waals surface area contributed by atoms with Gasteiger partial charge < -0.3 is 64.6 Å². The van der Waals surface area contributed by atoms with Crippen LogP contribution in [0.4, 0.5) is 9.59 Å². The van der Waals surface area contributed by atoms with Crippen LogP contribution in [-0.2, 0) is 34.0 Å². The fraction of sp³-hybridized carbons (Fsp3) is 0.462. The van der Waals surface area contributed by atoms with Crippen molar-refractivity contribution in [1.29, 1.82) is 0 Å². The largest absolute Gasteiger partial charge is 0.508 e. The zero-order valence-electron chi connectivity index (χ0n) is 39.1. The average Bonchev–Trinajstić information content (AvgIpc) is 3.33. The van der Waals surface area contributed by atoms with Crippen molar-refractivity contribution in [2.24, 2.45) is 0 Å². The smallest absolute Gasteiger partial charge is 0.407 e. The molecule has 0 saturated carbocycles. The Morgan fingerprint density at radius 2 is 1.33 bits per heavy atom. The molecule has 6 rings (SSSR count). The number of phenolic OH excluding ortho intramolecular Hbond substituents is 1. The highest BCUT2D eigenvalue weighted by Crippen LogP contribution is 2.42. The number of aliphatic hydroxyl groups excluding tert-OH is 4. The minimum atomic E-state index is -1.77. The van der Waals surface area contributed by atoms with Crippen LogP contribution in [0.15, 0.2) is 75.9 Å². The van der Waals surface area contributed by atoms with Crippen molar-refractivity contribution in [1.82, 2.24) is 10.6 Å².